The lowest BCUT2D eigenvalue weighted by Crippen LogP contribution is -1.89. The Labute approximate surface area is 124 Å². The standard InChI is InChI=1S/C15H12BrN3O/c1-9-2-3-11(8-12(9)16)14-13(15(17)19-20-14)10-4-6-18-7-5-10/h2-8H,1H3,(H2,17,19). The summed E-state index contributed by atoms with van der Waals surface area (Å²) in [5, 5.41) is 3.89. The topological polar surface area (TPSA) is 64.9 Å². The van der Waals surface area contributed by atoms with Crippen LogP contribution in [0.5, 0.6) is 0 Å². The number of halogens is 1. The van der Waals surface area contributed by atoms with Gasteiger partial charge in [-0.25, -0.2) is 0 Å². The molecule has 0 atom stereocenters. The maximum atomic E-state index is 5.94. The van der Waals surface area contributed by atoms with Crippen LogP contribution in [-0.4, -0.2) is 10.1 Å². The van der Waals surface area contributed by atoms with Crippen molar-refractivity contribution in [3.63, 3.8) is 0 Å². The second kappa shape index (κ2) is 5.09. The Kier molecular flexibility index (Phi) is 3.28. The van der Waals surface area contributed by atoms with Gasteiger partial charge in [-0.3, -0.25) is 4.98 Å². The van der Waals surface area contributed by atoms with Crippen molar-refractivity contribution in [2.24, 2.45) is 0 Å². The second-order valence-electron chi connectivity index (χ2n) is 4.47. The molecule has 3 rings (SSSR count). The number of aryl methyl sites for hydroxylation is 1. The molecule has 0 unspecified atom stereocenters. The molecule has 0 saturated carbocycles. The van der Waals surface area contributed by atoms with Crippen LogP contribution in [0.1, 0.15) is 5.56 Å². The third kappa shape index (κ3) is 2.20. The van der Waals surface area contributed by atoms with E-state index in [-0.39, 0.29) is 0 Å². The number of aromatic nitrogens is 2. The summed E-state index contributed by atoms with van der Waals surface area (Å²) >= 11 is 3.53. The molecule has 0 aliphatic rings. The highest BCUT2D eigenvalue weighted by Gasteiger charge is 2.17. The Morgan fingerprint density at radius 3 is 2.55 bits per heavy atom. The van der Waals surface area contributed by atoms with Gasteiger partial charge in [-0.1, -0.05) is 33.2 Å². The van der Waals surface area contributed by atoms with Crippen LogP contribution in [-0.2, 0) is 0 Å². The van der Waals surface area contributed by atoms with Crippen molar-refractivity contribution in [3.05, 3.63) is 52.8 Å². The van der Waals surface area contributed by atoms with Gasteiger partial charge in [-0.2, -0.15) is 0 Å². The van der Waals surface area contributed by atoms with Gasteiger partial charge in [0.1, 0.15) is 0 Å². The van der Waals surface area contributed by atoms with Gasteiger partial charge < -0.3 is 10.3 Å². The van der Waals surface area contributed by atoms with Crippen LogP contribution in [0, 0.1) is 6.92 Å². The largest absolute Gasteiger partial charge is 0.380 e. The van der Waals surface area contributed by atoms with Crippen molar-refractivity contribution < 1.29 is 4.52 Å². The number of nitrogens with two attached hydrogens (primary N) is 1. The van der Waals surface area contributed by atoms with Gasteiger partial charge in [-0.05, 0) is 36.2 Å². The highest BCUT2D eigenvalue weighted by molar-refractivity contribution is 9.10. The van der Waals surface area contributed by atoms with E-state index in [9.17, 15) is 0 Å². The van der Waals surface area contributed by atoms with Gasteiger partial charge in [0.15, 0.2) is 11.6 Å². The van der Waals surface area contributed by atoms with Crippen molar-refractivity contribution in [1.82, 2.24) is 10.1 Å². The van der Waals surface area contributed by atoms with Crippen LogP contribution in [0.2, 0.25) is 0 Å². The van der Waals surface area contributed by atoms with E-state index < -0.39 is 0 Å². The normalized spacial score (nSPS) is 10.7. The molecule has 0 amide bonds. The fraction of sp³-hybridized carbons (Fsp3) is 0.0667. The molecule has 2 N–H and O–H groups in total. The van der Waals surface area contributed by atoms with E-state index in [4.69, 9.17) is 10.3 Å². The smallest absolute Gasteiger partial charge is 0.176 e. The number of benzene rings is 1. The number of rotatable bonds is 2. The Hall–Kier alpha value is -2.14. The number of anilines is 1. The fourth-order valence-corrected chi connectivity index (χ4v) is 2.41. The molecule has 0 saturated heterocycles. The molecule has 2 aromatic heterocycles. The molecule has 4 nitrogen and oxygen atoms in total. The Bertz CT molecular complexity index is 753. The van der Waals surface area contributed by atoms with Gasteiger partial charge >= 0.3 is 0 Å². The van der Waals surface area contributed by atoms with E-state index in [1.807, 2.05) is 37.3 Å². The summed E-state index contributed by atoms with van der Waals surface area (Å²) in [4.78, 5) is 4.01. The van der Waals surface area contributed by atoms with Gasteiger partial charge in [0, 0.05) is 22.4 Å². The molecule has 5 heteroatoms. The van der Waals surface area contributed by atoms with E-state index in [2.05, 4.69) is 26.1 Å². The van der Waals surface area contributed by atoms with Crippen molar-refractivity contribution >= 4 is 21.7 Å². The minimum Gasteiger partial charge on any atom is -0.380 e. The maximum Gasteiger partial charge on any atom is 0.176 e. The third-order valence-electron chi connectivity index (χ3n) is 3.12. The average molecular weight is 330 g/mol. The quantitative estimate of drug-likeness (QED) is 0.770. The zero-order valence-corrected chi connectivity index (χ0v) is 12.4. The molecule has 1 aromatic carbocycles. The first-order chi connectivity index (χ1) is 9.66. The van der Waals surface area contributed by atoms with Crippen molar-refractivity contribution in [2.45, 2.75) is 6.92 Å². The van der Waals surface area contributed by atoms with Crippen LogP contribution >= 0.6 is 15.9 Å². The van der Waals surface area contributed by atoms with Crippen LogP contribution in [0.4, 0.5) is 5.82 Å². The van der Waals surface area contributed by atoms with Crippen LogP contribution < -0.4 is 5.73 Å². The predicted molar refractivity (Wildman–Crippen MR) is 82.0 cm³/mol. The monoisotopic (exact) mass is 329 g/mol. The minimum absolute atomic E-state index is 0.378. The highest BCUT2D eigenvalue weighted by atomic mass is 79.9. The highest BCUT2D eigenvalue weighted by Crippen LogP contribution is 2.37. The van der Waals surface area contributed by atoms with Gasteiger partial charge in [0.05, 0.1) is 5.56 Å². The lowest BCUT2D eigenvalue weighted by molar-refractivity contribution is 0.436. The van der Waals surface area contributed by atoms with Gasteiger partial charge in [0.2, 0.25) is 0 Å². The molecule has 0 spiro atoms. The lowest BCUT2D eigenvalue weighted by atomic mass is 10.0. The van der Waals surface area contributed by atoms with Crippen LogP contribution in [0.3, 0.4) is 0 Å². The molecule has 0 aliphatic carbocycles. The molecule has 0 bridgehead atoms. The number of hydrogen-bond donors (Lipinski definition) is 1. The Morgan fingerprint density at radius 1 is 1.10 bits per heavy atom. The minimum atomic E-state index is 0.378. The molecule has 3 aromatic rings. The number of nitrogens with zero attached hydrogens (tertiary/aromatic N) is 2. The Morgan fingerprint density at radius 2 is 1.85 bits per heavy atom. The molecular weight excluding hydrogens is 318 g/mol. The first-order valence-corrected chi connectivity index (χ1v) is 6.88. The second-order valence-corrected chi connectivity index (χ2v) is 5.33. The van der Waals surface area contributed by atoms with Gasteiger partial charge in [0.25, 0.3) is 0 Å². The summed E-state index contributed by atoms with van der Waals surface area (Å²) < 4.78 is 6.43. The van der Waals surface area contributed by atoms with Crippen molar-refractivity contribution in [1.29, 1.82) is 0 Å². The first-order valence-electron chi connectivity index (χ1n) is 6.09. The summed E-state index contributed by atoms with van der Waals surface area (Å²) in [6, 6.07) is 9.78. The number of pyridine rings is 1. The summed E-state index contributed by atoms with van der Waals surface area (Å²) in [7, 11) is 0. The first kappa shape index (κ1) is 12.9. The molecular formula is C15H12BrN3O. The van der Waals surface area contributed by atoms with E-state index in [1.165, 1.54) is 0 Å². The summed E-state index contributed by atoms with van der Waals surface area (Å²) in [6.45, 7) is 2.03. The third-order valence-corrected chi connectivity index (χ3v) is 3.98. The van der Waals surface area contributed by atoms with E-state index in [0.29, 0.717) is 11.6 Å². The van der Waals surface area contributed by atoms with Crippen LogP contribution in [0.15, 0.2) is 51.7 Å². The summed E-state index contributed by atoms with van der Waals surface area (Å²) in [6.07, 6.45) is 3.44. The van der Waals surface area contributed by atoms with Crippen molar-refractivity contribution in [2.75, 3.05) is 5.73 Å². The molecule has 2 heterocycles. The average Bonchev–Trinajstić information content (AvgIpc) is 2.85. The molecule has 100 valence electrons. The Balaban J connectivity index is 2.18. The zero-order chi connectivity index (χ0) is 14.1. The predicted octanol–water partition coefficient (Wildman–Crippen LogP) is 4.06. The lowest BCUT2D eigenvalue weighted by Gasteiger charge is -2.04. The van der Waals surface area contributed by atoms with Gasteiger partial charge in [-0.15, -0.1) is 0 Å². The molecule has 0 radical (unpaired) electrons. The maximum absolute atomic E-state index is 5.94. The molecule has 0 fully saturated rings. The molecule has 20 heavy (non-hydrogen) atoms. The van der Waals surface area contributed by atoms with E-state index in [1.54, 1.807) is 12.4 Å². The summed E-state index contributed by atoms with van der Waals surface area (Å²) in [5.41, 5.74) is 9.76. The van der Waals surface area contributed by atoms with E-state index in [0.717, 1.165) is 26.7 Å². The van der Waals surface area contributed by atoms with E-state index >= 15 is 0 Å². The fourth-order valence-electron chi connectivity index (χ4n) is 2.03. The van der Waals surface area contributed by atoms with Crippen molar-refractivity contribution in [3.8, 4) is 22.5 Å². The number of nitrogen functional groups attached to an aromatic ring is 1. The summed E-state index contributed by atoms with van der Waals surface area (Å²) in [5.74, 6) is 1.04. The molecule has 0 aliphatic heterocycles. The van der Waals surface area contributed by atoms with Crippen LogP contribution in [0.25, 0.3) is 22.5 Å². The number of hydrogen-bond acceptors (Lipinski definition) is 4. The zero-order valence-electron chi connectivity index (χ0n) is 10.8. The SMILES string of the molecule is Cc1ccc(-c2onc(N)c2-c2ccncc2)cc1Br.